The summed E-state index contributed by atoms with van der Waals surface area (Å²) in [5.41, 5.74) is 2.44. The molecular weight excluding hydrogens is 354 g/mol. The fourth-order valence-corrected chi connectivity index (χ4v) is 3.08. The molecule has 0 bridgehead atoms. The molecule has 1 amide bonds. The third kappa shape index (κ3) is 3.07. The summed E-state index contributed by atoms with van der Waals surface area (Å²) in [5, 5.41) is 7.45. The number of benzene rings is 2. The third-order valence-electron chi connectivity index (χ3n) is 4.15. The zero-order chi connectivity index (χ0) is 18.1. The predicted molar refractivity (Wildman–Crippen MR) is 96.6 cm³/mol. The van der Waals surface area contributed by atoms with Crippen LogP contribution in [0, 0.1) is 0 Å². The quantitative estimate of drug-likeness (QED) is 0.721. The van der Waals surface area contributed by atoms with Crippen molar-refractivity contribution in [3.8, 4) is 5.69 Å². The average Bonchev–Trinajstić information content (AvgIpc) is 3.16. The number of cyclic esters (lactones) is 1. The summed E-state index contributed by atoms with van der Waals surface area (Å²) in [5.74, 6) is -0.908. The Kier molecular flexibility index (Phi) is 4.18. The van der Waals surface area contributed by atoms with Crippen molar-refractivity contribution in [2.45, 2.75) is 12.5 Å². The molecule has 0 fully saturated rings. The van der Waals surface area contributed by atoms with Crippen molar-refractivity contribution in [1.29, 1.82) is 0 Å². The summed E-state index contributed by atoms with van der Waals surface area (Å²) in [6, 6.07) is 14.0. The second kappa shape index (κ2) is 6.65. The minimum absolute atomic E-state index is 0.325. The number of esters is 1. The highest BCUT2D eigenvalue weighted by Gasteiger charge is 2.31. The topological polar surface area (TPSA) is 73.2 Å². The van der Waals surface area contributed by atoms with E-state index in [1.54, 1.807) is 53.5 Å². The first-order chi connectivity index (χ1) is 12.6. The Labute approximate surface area is 154 Å². The van der Waals surface area contributed by atoms with E-state index in [1.807, 2.05) is 12.1 Å². The number of nitrogens with zero attached hydrogens (tertiary/aromatic N) is 2. The lowest BCUT2D eigenvalue weighted by Gasteiger charge is -2.24. The van der Waals surface area contributed by atoms with E-state index in [-0.39, 0.29) is 0 Å². The summed E-state index contributed by atoms with van der Waals surface area (Å²) in [7, 11) is 0. The van der Waals surface area contributed by atoms with E-state index in [1.165, 1.54) is 0 Å². The molecule has 0 saturated carbocycles. The lowest BCUT2D eigenvalue weighted by molar-refractivity contribution is -0.125. The molecule has 0 saturated heterocycles. The molecule has 1 aromatic heterocycles. The average molecular weight is 368 g/mol. The highest BCUT2D eigenvalue weighted by Crippen LogP contribution is 2.26. The Hall–Kier alpha value is -3.12. The zero-order valence-corrected chi connectivity index (χ0v) is 14.3. The maximum Gasteiger partial charge on any atom is 0.339 e. The molecule has 26 heavy (non-hydrogen) atoms. The first-order valence-electron chi connectivity index (χ1n) is 8.01. The van der Waals surface area contributed by atoms with Crippen molar-refractivity contribution in [2.75, 3.05) is 5.32 Å². The van der Waals surface area contributed by atoms with E-state index in [4.69, 9.17) is 16.3 Å². The van der Waals surface area contributed by atoms with Crippen LogP contribution in [-0.4, -0.2) is 27.8 Å². The maximum atomic E-state index is 12.7. The Morgan fingerprint density at radius 3 is 2.88 bits per heavy atom. The summed E-state index contributed by atoms with van der Waals surface area (Å²) in [6.07, 6.45) is 2.82. The molecule has 1 N–H and O–H groups in total. The van der Waals surface area contributed by atoms with Gasteiger partial charge in [-0.2, -0.15) is 5.10 Å². The standard InChI is InChI=1S/C19H14ClN3O3/c20-13-6-7-16(23-9-3-8-21-23)15(11-13)22-18(24)17-10-12-4-1-2-5-14(12)19(25)26-17/h1-9,11,17H,10H2,(H,22,24)/t17-/m0/s1. The molecular formula is C19H14ClN3O3. The number of amides is 1. The largest absolute Gasteiger partial charge is 0.448 e. The van der Waals surface area contributed by atoms with Crippen LogP contribution in [0.5, 0.6) is 0 Å². The fraction of sp³-hybridized carbons (Fsp3) is 0.105. The second-order valence-electron chi connectivity index (χ2n) is 5.86. The molecule has 7 heteroatoms. The molecule has 0 radical (unpaired) electrons. The Balaban J connectivity index is 1.60. The number of hydrogen-bond donors (Lipinski definition) is 1. The minimum Gasteiger partial charge on any atom is -0.448 e. The number of ether oxygens (including phenoxy) is 1. The molecule has 2 heterocycles. The normalized spacial score (nSPS) is 15.9. The van der Waals surface area contributed by atoms with Gasteiger partial charge < -0.3 is 10.1 Å². The van der Waals surface area contributed by atoms with E-state index in [0.29, 0.717) is 28.4 Å². The van der Waals surface area contributed by atoms with Gasteiger partial charge in [0.1, 0.15) is 0 Å². The lowest BCUT2D eigenvalue weighted by atomic mass is 9.98. The monoisotopic (exact) mass is 367 g/mol. The molecule has 2 aromatic carbocycles. The van der Waals surface area contributed by atoms with Crippen molar-refractivity contribution in [1.82, 2.24) is 9.78 Å². The van der Waals surface area contributed by atoms with Crippen LogP contribution in [0.4, 0.5) is 5.69 Å². The number of aromatic nitrogens is 2. The number of carbonyl (C=O) groups excluding carboxylic acids is 2. The van der Waals surface area contributed by atoms with E-state index in [2.05, 4.69) is 10.4 Å². The van der Waals surface area contributed by atoms with Crippen LogP contribution in [0.3, 0.4) is 0 Å². The molecule has 1 aliphatic rings. The van der Waals surface area contributed by atoms with Gasteiger partial charge in [0.25, 0.3) is 5.91 Å². The van der Waals surface area contributed by atoms with Crippen molar-refractivity contribution < 1.29 is 14.3 Å². The lowest BCUT2D eigenvalue weighted by Crippen LogP contribution is -2.38. The van der Waals surface area contributed by atoms with Gasteiger partial charge in [0, 0.05) is 23.8 Å². The van der Waals surface area contributed by atoms with Crippen LogP contribution in [-0.2, 0) is 16.0 Å². The highest BCUT2D eigenvalue weighted by molar-refractivity contribution is 6.31. The van der Waals surface area contributed by atoms with Crippen LogP contribution < -0.4 is 5.32 Å². The molecule has 0 unspecified atom stereocenters. The minimum atomic E-state index is -0.901. The number of rotatable bonds is 3. The van der Waals surface area contributed by atoms with Gasteiger partial charge in [-0.1, -0.05) is 29.8 Å². The number of halogens is 1. The zero-order valence-electron chi connectivity index (χ0n) is 13.6. The van der Waals surface area contributed by atoms with Crippen molar-refractivity contribution in [3.63, 3.8) is 0 Å². The van der Waals surface area contributed by atoms with Crippen molar-refractivity contribution >= 4 is 29.2 Å². The van der Waals surface area contributed by atoms with Crippen molar-refractivity contribution in [3.05, 3.63) is 77.1 Å². The Morgan fingerprint density at radius 1 is 1.23 bits per heavy atom. The van der Waals surface area contributed by atoms with E-state index < -0.39 is 18.0 Å². The molecule has 0 aliphatic carbocycles. The first kappa shape index (κ1) is 16.4. The van der Waals surface area contributed by atoms with Crippen molar-refractivity contribution in [2.24, 2.45) is 0 Å². The van der Waals surface area contributed by atoms with Gasteiger partial charge in [0.05, 0.1) is 16.9 Å². The van der Waals surface area contributed by atoms with Crippen LogP contribution in [0.2, 0.25) is 5.02 Å². The SMILES string of the molecule is O=C1O[C@H](C(=O)Nc2cc(Cl)ccc2-n2cccn2)Cc2ccccc21. The predicted octanol–water partition coefficient (Wildman–Crippen LogP) is 3.25. The van der Waals surface area contributed by atoms with E-state index >= 15 is 0 Å². The fourth-order valence-electron chi connectivity index (χ4n) is 2.91. The third-order valence-corrected chi connectivity index (χ3v) is 4.39. The molecule has 0 spiro atoms. The van der Waals surface area contributed by atoms with E-state index in [0.717, 1.165) is 5.56 Å². The Morgan fingerprint density at radius 2 is 2.08 bits per heavy atom. The Bertz CT molecular complexity index is 985. The van der Waals surface area contributed by atoms with Gasteiger partial charge in [-0.05, 0) is 35.9 Å². The summed E-state index contributed by atoms with van der Waals surface area (Å²) >= 11 is 6.07. The van der Waals surface area contributed by atoms with Crippen LogP contribution in [0.15, 0.2) is 60.9 Å². The van der Waals surface area contributed by atoms with Gasteiger partial charge in [-0.15, -0.1) is 0 Å². The van der Waals surface area contributed by atoms with Gasteiger partial charge in [0.15, 0.2) is 6.10 Å². The molecule has 130 valence electrons. The summed E-state index contributed by atoms with van der Waals surface area (Å²) < 4.78 is 6.92. The molecule has 3 aromatic rings. The number of fused-ring (bicyclic) bond motifs is 1. The van der Waals surface area contributed by atoms with Crippen LogP contribution >= 0.6 is 11.6 Å². The van der Waals surface area contributed by atoms with Gasteiger partial charge in [0.2, 0.25) is 0 Å². The number of nitrogens with one attached hydrogen (secondary N) is 1. The number of hydrogen-bond acceptors (Lipinski definition) is 4. The number of anilines is 1. The molecule has 6 nitrogen and oxygen atoms in total. The molecule has 4 rings (SSSR count). The van der Waals surface area contributed by atoms with Gasteiger partial charge in [-0.25, -0.2) is 9.48 Å². The molecule has 1 atom stereocenters. The van der Waals surface area contributed by atoms with Crippen LogP contribution in [0.25, 0.3) is 5.69 Å². The summed E-state index contributed by atoms with van der Waals surface area (Å²) in [4.78, 5) is 24.8. The van der Waals surface area contributed by atoms with Gasteiger partial charge in [-0.3, -0.25) is 4.79 Å². The smallest absolute Gasteiger partial charge is 0.339 e. The second-order valence-corrected chi connectivity index (χ2v) is 6.29. The highest BCUT2D eigenvalue weighted by atomic mass is 35.5. The number of carbonyl (C=O) groups is 2. The summed E-state index contributed by atoms with van der Waals surface area (Å²) in [6.45, 7) is 0. The van der Waals surface area contributed by atoms with Gasteiger partial charge >= 0.3 is 5.97 Å². The van der Waals surface area contributed by atoms with Crippen LogP contribution in [0.1, 0.15) is 15.9 Å². The first-order valence-corrected chi connectivity index (χ1v) is 8.39. The molecule has 1 aliphatic heterocycles. The maximum absolute atomic E-state index is 12.7. The van der Waals surface area contributed by atoms with E-state index in [9.17, 15) is 9.59 Å².